The van der Waals surface area contributed by atoms with E-state index in [0.717, 1.165) is 30.5 Å². The zero-order valence-corrected chi connectivity index (χ0v) is 10.6. The molecule has 3 rings (SSSR count). The van der Waals surface area contributed by atoms with Crippen LogP contribution < -0.4 is 10.6 Å². The third-order valence-corrected chi connectivity index (χ3v) is 4.23. The van der Waals surface area contributed by atoms with Gasteiger partial charge in [-0.3, -0.25) is 4.79 Å². The van der Waals surface area contributed by atoms with E-state index in [4.69, 9.17) is 0 Å². The van der Waals surface area contributed by atoms with Crippen molar-refractivity contribution in [2.45, 2.75) is 38.1 Å². The molecule has 1 amide bonds. The van der Waals surface area contributed by atoms with Crippen molar-refractivity contribution in [3.63, 3.8) is 0 Å². The standard InChI is InChI=1S/C14H17FN2O/c1-8-10-6-9(14(2)4-3-5-16-14)7-11(15)12(10)17-13(8)18/h6-8,16H,3-5H2,1-2H3,(H,17,18). The predicted octanol–water partition coefficient (Wildman–Crippen LogP) is 2.48. The number of halogens is 1. The Hall–Kier alpha value is -1.42. The van der Waals surface area contributed by atoms with Crippen molar-refractivity contribution in [2.75, 3.05) is 11.9 Å². The smallest absolute Gasteiger partial charge is 0.231 e. The Morgan fingerprint density at radius 2 is 2.22 bits per heavy atom. The van der Waals surface area contributed by atoms with Crippen LogP contribution in [0.3, 0.4) is 0 Å². The molecule has 1 saturated heterocycles. The van der Waals surface area contributed by atoms with Gasteiger partial charge in [0, 0.05) is 5.54 Å². The highest BCUT2D eigenvalue weighted by molar-refractivity contribution is 6.02. The summed E-state index contributed by atoms with van der Waals surface area (Å²) >= 11 is 0. The summed E-state index contributed by atoms with van der Waals surface area (Å²) in [4.78, 5) is 11.6. The monoisotopic (exact) mass is 248 g/mol. The maximum atomic E-state index is 14.1. The lowest BCUT2D eigenvalue weighted by Gasteiger charge is -2.26. The van der Waals surface area contributed by atoms with Gasteiger partial charge in [-0.1, -0.05) is 6.07 Å². The number of nitrogens with one attached hydrogen (secondary N) is 2. The van der Waals surface area contributed by atoms with E-state index in [0.29, 0.717) is 5.69 Å². The second-order valence-corrected chi connectivity index (χ2v) is 5.50. The largest absolute Gasteiger partial charge is 0.323 e. The van der Waals surface area contributed by atoms with Crippen LogP contribution in [-0.2, 0) is 10.3 Å². The minimum Gasteiger partial charge on any atom is -0.323 e. The molecule has 2 heterocycles. The zero-order chi connectivity index (χ0) is 12.9. The first kappa shape index (κ1) is 11.7. The first-order valence-corrected chi connectivity index (χ1v) is 6.41. The van der Waals surface area contributed by atoms with Crippen LogP contribution in [0.1, 0.15) is 43.7 Å². The van der Waals surface area contributed by atoms with Gasteiger partial charge >= 0.3 is 0 Å². The average Bonchev–Trinajstić information content (AvgIpc) is 2.88. The number of hydrogen-bond donors (Lipinski definition) is 2. The third kappa shape index (κ3) is 1.56. The second kappa shape index (κ2) is 3.79. The zero-order valence-electron chi connectivity index (χ0n) is 10.6. The Kier molecular flexibility index (Phi) is 2.45. The molecule has 1 fully saturated rings. The summed E-state index contributed by atoms with van der Waals surface area (Å²) in [5.41, 5.74) is 1.92. The summed E-state index contributed by atoms with van der Waals surface area (Å²) in [7, 11) is 0. The highest BCUT2D eigenvalue weighted by atomic mass is 19.1. The van der Waals surface area contributed by atoms with Gasteiger partial charge in [0.15, 0.2) is 0 Å². The lowest BCUT2D eigenvalue weighted by molar-refractivity contribution is -0.116. The minimum absolute atomic E-state index is 0.120. The van der Waals surface area contributed by atoms with Crippen LogP contribution in [-0.4, -0.2) is 12.5 Å². The highest BCUT2D eigenvalue weighted by Gasteiger charge is 2.35. The molecule has 96 valence electrons. The lowest BCUT2D eigenvalue weighted by atomic mass is 9.87. The van der Waals surface area contributed by atoms with E-state index in [1.54, 1.807) is 6.07 Å². The van der Waals surface area contributed by atoms with Crippen LogP contribution >= 0.6 is 0 Å². The molecule has 0 spiro atoms. The van der Waals surface area contributed by atoms with E-state index in [-0.39, 0.29) is 23.2 Å². The summed E-state index contributed by atoms with van der Waals surface area (Å²) in [5, 5.41) is 6.03. The molecule has 0 radical (unpaired) electrons. The van der Waals surface area contributed by atoms with Crippen LogP contribution in [0.15, 0.2) is 12.1 Å². The van der Waals surface area contributed by atoms with Gasteiger partial charge in [-0.2, -0.15) is 0 Å². The number of fused-ring (bicyclic) bond motifs is 1. The Morgan fingerprint density at radius 1 is 1.44 bits per heavy atom. The van der Waals surface area contributed by atoms with Gasteiger partial charge in [-0.05, 0) is 50.4 Å². The summed E-state index contributed by atoms with van der Waals surface area (Å²) in [5.74, 6) is -0.708. The summed E-state index contributed by atoms with van der Waals surface area (Å²) in [6, 6.07) is 3.52. The van der Waals surface area contributed by atoms with Crippen molar-refractivity contribution in [1.29, 1.82) is 0 Å². The van der Waals surface area contributed by atoms with Gasteiger partial charge in [0.2, 0.25) is 5.91 Å². The Labute approximate surface area is 106 Å². The highest BCUT2D eigenvalue weighted by Crippen LogP contribution is 2.39. The molecule has 1 aromatic carbocycles. The maximum Gasteiger partial charge on any atom is 0.231 e. The molecule has 2 aliphatic rings. The number of amides is 1. The van der Waals surface area contributed by atoms with Crippen molar-refractivity contribution in [2.24, 2.45) is 0 Å². The fraction of sp³-hybridized carbons (Fsp3) is 0.500. The van der Waals surface area contributed by atoms with E-state index < -0.39 is 0 Å². The van der Waals surface area contributed by atoms with E-state index >= 15 is 0 Å². The van der Waals surface area contributed by atoms with Crippen molar-refractivity contribution in [3.8, 4) is 0 Å². The molecule has 0 saturated carbocycles. The fourth-order valence-corrected chi connectivity index (χ4v) is 2.93. The minimum atomic E-state index is -0.324. The Balaban J connectivity index is 2.10. The van der Waals surface area contributed by atoms with Crippen molar-refractivity contribution in [3.05, 3.63) is 29.1 Å². The predicted molar refractivity (Wildman–Crippen MR) is 68.0 cm³/mol. The molecule has 2 aliphatic heterocycles. The van der Waals surface area contributed by atoms with Crippen molar-refractivity contribution in [1.82, 2.24) is 5.32 Å². The van der Waals surface area contributed by atoms with Gasteiger partial charge in [0.1, 0.15) is 5.82 Å². The molecule has 0 aliphatic carbocycles. The summed E-state index contributed by atoms with van der Waals surface area (Å²) < 4.78 is 14.1. The lowest BCUT2D eigenvalue weighted by Crippen LogP contribution is -2.33. The van der Waals surface area contributed by atoms with E-state index in [1.165, 1.54) is 0 Å². The van der Waals surface area contributed by atoms with E-state index in [1.807, 2.05) is 13.0 Å². The topological polar surface area (TPSA) is 41.1 Å². The van der Waals surface area contributed by atoms with Crippen LogP contribution in [0.4, 0.5) is 10.1 Å². The molecule has 18 heavy (non-hydrogen) atoms. The van der Waals surface area contributed by atoms with Crippen LogP contribution in [0, 0.1) is 5.82 Å². The number of carbonyl (C=O) groups is 1. The molecule has 0 bridgehead atoms. The quantitative estimate of drug-likeness (QED) is 0.801. The van der Waals surface area contributed by atoms with Crippen molar-refractivity contribution >= 4 is 11.6 Å². The number of hydrogen-bond acceptors (Lipinski definition) is 2. The van der Waals surface area contributed by atoms with Gasteiger partial charge in [0.05, 0.1) is 11.6 Å². The van der Waals surface area contributed by atoms with Gasteiger partial charge in [-0.15, -0.1) is 0 Å². The van der Waals surface area contributed by atoms with E-state index in [2.05, 4.69) is 17.6 Å². The molecule has 2 atom stereocenters. The molecule has 2 N–H and O–H groups in total. The number of anilines is 1. The van der Waals surface area contributed by atoms with Crippen molar-refractivity contribution < 1.29 is 9.18 Å². The van der Waals surface area contributed by atoms with Gasteiger partial charge in [-0.25, -0.2) is 4.39 Å². The maximum absolute atomic E-state index is 14.1. The molecule has 3 nitrogen and oxygen atoms in total. The average molecular weight is 248 g/mol. The summed E-state index contributed by atoms with van der Waals surface area (Å²) in [6.07, 6.45) is 2.10. The molecule has 1 aromatic rings. The normalized spacial score (nSPS) is 30.4. The molecular formula is C14H17FN2O. The number of rotatable bonds is 1. The van der Waals surface area contributed by atoms with Crippen LogP contribution in [0.5, 0.6) is 0 Å². The van der Waals surface area contributed by atoms with Gasteiger partial charge < -0.3 is 10.6 Å². The van der Waals surface area contributed by atoms with Gasteiger partial charge in [0.25, 0.3) is 0 Å². The van der Waals surface area contributed by atoms with E-state index in [9.17, 15) is 9.18 Å². The Morgan fingerprint density at radius 3 is 2.89 bits per heavy atom. The molecule has 4 heteroatoms. The Bertz CT molecular complexity index is 521. The number of benzene rings is 1. The molecule has 2 unspecified atom stereocenters. The summed E-state index contributed by atoms with van der Waals surface area (Å²) in [6.45, 7) is 4.87. The SMILES string of the molecule is CC1C(=O)Nc2c(F)cc(C3(C)CCCN3)cc21. The first-order chi connectivity index (χ1) is 8.51. The van der Waals surface area contributed by atoms with Crippen LogP contribution in [0.25, 0.3) is 0 Å². The molecular weight excluding hydrogens is 231 g/mol. The fourth-order valence-electron chi connectivity index (χ4n) is 2.93. The molecule has 0 aromatic heterocycles. The van der Waals surface area contributed by atoms with Crippen LogP contribution in [0.2, 0.25) is 0 Å². The number of carbonyl (C=O) groups excluding carboxylic acids is 1. The first-order valence-electron chi connectivity index (χ1n) is 6.41. The second-order valence-electron chi connectivity index (χ2n) is 5.50. The third-order valence-electron chi connectivity index (χ3n) is 4.23.